The molecule has 0 saturated carbocycles. The van der Waals surface area contributed by atoms with Crippen LogP contribution in [-0.4, -0.2) is 25.6 Å². The lowest BCUT2D eigenvalue weighted by Gasteiger charge is -2.36. The van der Waals surface area contributed by atoms with E-state index in [4.69, 9.17) is 0 Å². The molecule has 0 spiro atoms. The zero-order valence-corrected chi connectivity index (χ0v) is 18.0. The topological polar surface area (TPSA) is 101 Å². The molecule has 4 rings (SSSR count). The number of nitrogens with zero attached hydrogens (tertiary/aromatic N) is 3. The summed E-state index contributed by atoms with van der Waals surface area (Å²) in [6.07, 6.45) is 1.86. The minimum atomic E-state index is -4.11. The molecular weight excluding hydrogens is 438 g/mol. The van der Waals surface area contributed by atoms with Crippen LogP contribution in [0.15, 0.2) is 82.6 Å². The molecule has 3 aromatic rings. The summed E-state index contributed by atoms with van der Waals surface area (Å²) in [4.78, 5) is 26.1. The maximum Gasteiger partial charge on any atom is 0.343 e. The van der Waals surface area contributed by atoms with Crippen LogP contribution in [0.5, 0.6) is 0 Å². The first-order chi connectivity index (χ1) is 14.8. The van der Waals surface area contributed by atoms with Gasteiger partial charge in [0.05, 0.1) is 22.8 Å². The summed E-state index contributed by atoms with van der Waals surface area (Å²) in [7, 11) is -4.11. The summed E-state index contributed by atoms with van der Waals surface area (Å²) in [6, 6.07) is 18.2. The molecule has 8 nitrogen and oxygen atoms in total. The van der Waals surface area contributed by atoms with E-state index in [1.807, 2.05) is 12.3 Å². The third kappa shape index (κ3) is 3.75. The highest BCUT2D eigenvalue weighted by Gasteiger charge is 2.42. The van der Waals surface area contributed by atoms with Gasteiger partial charge >= 0.3 is 6.03 Å². The van der Waals surface area contributed by atoms with Crippen LogP contribution in [0.25, 0.3) is 0 Å². The minimum Gasteiger partial charge on any atom is -0.287 e. The van der Waals surface area contributed by atoms with E-state index in [2.05, 4.69) is 0 Å². The number of carbonyl (C=O) groups is 1. The molecule has 1 aliphatic rings. The summed E-state index contributed by atoms with van der Waals surface area (Å²) in [5, 5.41) is 10.9. The average molecular weight is 456 g/mol. The van der Waals surface area contributed by atoms with Gasteiger partial charge in [0, 0.05) is 17.0 Å². The summed E-state index contributed by atoms with van der Waals surface area (Å²) in [5.41, 5.74) is 1.08. The van der Waals surface area contributed by atoms with Crippen molar-refractivity contribution in [3.63, 3.8) is 0 Å². The van der Waals surface area contributed by atoms with Gasteiger partial charge in [-0.05, 0) is 42.2 Å². The lowest BCUT2D eigenvalue weighted by atomic mass is 10.2. The number of sulfonamides is 1. The third-order valence-corrected chi connectivity index (χ3v) is 7.33. The average Bonchev–Trinajstić information content (AvgIpc) is 2.77. The molecule has 0 fully saturated rings. The van der Waals surface area contributed by atoms with Crippen LogP contribution in [0.4, 0.5) is 21.9 Å². The molecule has 0 N–H and O–H groups in total. The van der Waals surface area contributed by atoms with Crippen molar-refractivity contribution >= 4 is 44.9 Å². The number of benzene rings is 3. The number of rotatable bonds is 5. The van der Waals surface area contributed by atoms with Gasteiger partial charge in [-0.3, -0.25) is 15.0 Å². The summed E-state index contributed by atoms with van der Waals surface area (Å²) in [5.74, 6) is 0. The molecule has 0 aromatic heterocycles. The molecule has 0 aliphatic carbocycles. The molecule has 0 unspecified atom stereocenters. The number of nitro groups is 1. The zero-order valence-electron chi connectivity index (χ0n) is 16.3. The quantitative estimate of drug-likeness (QED) is 0.315. The number of anilines is 2. The summed E-state index contributed by atoms with van der Waals surface area (Å²) < 4.78 is 27.5. The van der Waals surface area contributed by atoms with Gasteiger partial charge in [-0.25, -0.2) is 13.2 Å². The van der Waals surface area contributed by atoms with E-state index < -0.39 is 21.0 Å². The van der Waals surface area contributed by atoms with Crippen LogP contribution < -0.4 is 9.21 Å². The van der Waals surface area contributed by atoms with E-state index in [-0.39, 0.29) is 28.5 Å². The lowest BCUT2D eigenvalue weighted by molar-refractivity contribution is -0.384. The molecule has 2 amide bonds. The van der Waals surface area contributed by atoms with E-state index in [0.717, 1.165) is 9.20 Å². The van der Waals surface area contributed by atoms with Crippen LogP contribution in [0.3, 0.4) is 0 Å². The van der Waals surface area contributed by atoms with Gasteiger partial charge in [0.25, 0.3) is 15.7 Å². The lowest BCUT2D eigenvalue weighted by Crippen LogP contribution is -2.50. The standard InChI is InChI=1S/C21H17N3O5S2/c1-30-18-6-4-5-17(13-18)23-21(25)22(14-15-9-11-16(12-10-15)24(26)27)19-7-2-3-8-20(19)31(23,28)29/h2-13H,14H2,1H3. The number of fused-ring (bicyclic) bond motifs is 1. The number of nitro benzene ring substituents is 1. The fourth-order valence-electron chi connectivity index (χ4n) is 3.36. The molecule has 0 saturated heterocycles. The van der Waals surface area contributed by atoms with Crippen molar-refractivity contribution in [2.45, 2.75) is 16.3 Å². The molecular formula is C21H17N3O5S2. The van der Waals surface area contributed by atoms with Crippen LogP contribution in [0, 0.1) is 10.1 Å². The van der Waals surface area contributed by atoms with E-state index in [9.17, 15) is 23.3 Å². The molecule has 3 aromatic carbocycles. The van der Waals surface area contributed by atoms with Crippen LogP contribution >= 0.6 is 11.8 Å². The Hall–Kier alpha value is -3.37. The van der Waals surface area contributed by atoms with E-state index in [0.29, 0.717) is 5.56 Å². The smallest absolute Gasteiger partial charge is 0.287 e. The van der Waals surface area contributed by atoms with Crippen LogP contribution in [-0.2, 0) is 16.6 Å². The normalized spacial score (nSPS) is 14.9. The Morgan fingerprint density at radius 2 is 1.71 bits per heavy atom. The Morgan fingerprint density at radius 3 is 2.39 bits per heavy atom. The number of hydrogen-bond acceptors (Lipinski definition) is 6. The van der Waals surface area contributed by atoms with Crippen molar-refractivity contribution in [2.75, 3.05) is 15.5 Å². The number of para-hydroxylation sites is 1. The Labute approximate surface area is 183 Å². The first-order valence-corrected chi connectivity index (χ1v) is 11.8. The van der Waals surface area contributed by atoms with Gasteiger partial charge in [-0.15, -0.1) is 11.8 Å². The van der Waals surface area contributed by atoms with Gasteiger partial charge in [0.2, 0.25) is 0 Å². The Morgan fingerprint density at radius 1 is 1.00 bits per heavy atom. The van der Waals surface area contributed by atoms with Gasteiger partial charge in [-0.2, -0.15) is 4.31 Å². The first kappa shape index (κ1) is 20.9. The molecule has 0 atom stereocenters. The van der Waals surface area contributed by atoms with E-state index >= 15 is 0 Å². The molecule has 0 radical (unpaired) electrons. The Balaban J connectivity index is 1.81. The van der Waals surface area contributed by atoms with Gasteiger partial charge in [0.1, 0.15) is 4.90 Å². The number of amides is 2. The van der Waals surface area contributed by atoms with E-state index in [1.165, 1.54) is 34.9 Å². The highest BCUT2D eigenvalue weighted by atomic mass is 32.2. The maximum absolute atomic E-state index is 13.4. The molecule has 10 heteroatoms. The third-order valence-electron chi connectivity index (χ3n) is 4.85. The van der Waals surface area contributed by atoms with E-state index in [1.54, 1.807) is 48.5 Å². The highest BCUT2D eigenvalue weighted by Crippen LogP contribution is 2.38. The first-order valence-electron chi connectivity index (χ1n) is 9.16. The van der Waals surface area contributed by atoms with Crippen LogP contribution in [0.1, 0.15) is 5.56 Å². The van der Waals surface area contributed by atoms with Crippen LogP contribution in [0.2, 0.25) is 0 Å². The molecule has 1 aliphatic heterocycles. The summed E-state index contributed by atoms with van der Waals surface area (Å²) in [6.45, 7) is 0.0576. The monoisotopic (exact) mass is 455 g/mol. The number of carbonyl (C=O) groups excluding carboxylic acids is 1. The summed E-state index contributed by atoms with van der Waals surface area (Å²) >= 11 is 1.44. The number of thioether (sulfide) groups is 1. The fraction of sp³-hybridized carbons (Fsp3) is 0.0952. The minimum absolute atomic E-state index is 0.0195. The van der Waals surface area contributed by atoms with Crippen molar-refractivity contribution in [3.8, 4) is 0 Å². The zero-order chi connectivity index (χ0) is 22.2. The maximum atomic E-state index is 13.4. The predicted octanol–water partition coefficient (Wildman–Crippen LogP) is 4.65. The second-order valence-corrected chi connectivity index (χ2v) is 9.37. The Bertz CT molecular complexity index is 1280. The van der Waals surface area contributed by atoms with Crippen molar-refractivity contribution in [3.05, 3.63) is 88.5 Å². The Kier molecular flexibility index (Phi) is 5.42. The molecule has 0 bridgehead atoms. The molecule has 31 heavy (non-hydrogen) atoms. The van der Waals surface area contributed by atoms with Crippen molar-refractivity contribution in [1.82, 2.24) is 0 Å². The second-order valence-electron chi connectivity index (χ2n) is 6.73. The number of non-ortho nitro benzene ring substituents is 1. The molecule has 158 valence electrons. The largest absolute Gasteiger partial charge is 0.343 e. The fourth-order valence-corrected chi connectivity index (χ4v) is 5.39. The van der Waals surface area contributed by atoms with Gasteiger partial charge < -0.3 is 0 Å². The van der Waals surface area contributed by atoms with Crippen molar-refractivity contribution in [1.29, 1.82) is 0 Å². The number of urea groups is 1. The van der Waals surface area contributed by atoms with Crippen molar-refractivity contribution < 1.29 is 18.1 Å². The van der Waals surface area contributed by atoms with Crippen molar-refractivity contribution in [2.24, 2.45) is 0 Å². The predicted molar refractivity (Wildman–Crippen MR) is 119 cm³/mol. The second kappa shape index (κ2) is 8.05. The van der Waals surface area contributed by atoms with Gasteiger partial charge in [0.15, 0.2) is 0 Å². The number of hydrogen-bond donors (Lipinski definition) is 0. The highest BCUT2D eigenvalue weighted by molar-refractivity contribution is 7.98. The molecule has 1 heterocycles. The van der Waals surface area contributed by atoms with Gasteiger partial charge in [-0.1, -0.05) is 30.3 Å². The SMILES string of the molecule is CSc1cccc(N2C(=O)N(Cc3ccc([N+](=O)[O-])cc3)c3ccccc3S2(=O)=O)c1.